The summed E-state index contributed by atoms with van der Waals surface area (Å²) in [5, 5.41) is 0.569. The number of pyridine rings is 1. The summed E-state index contributed by atoms with van der Waals surface area (Å²) < 4.78 is 12.8. The smallest absolute Gasteiger partial charge is 0.281 e. The van der Waals surface area contributed by atoms with Crippen molar-refractivity contribution in [2.45, 2.75) is 6.92 Å². The number of aryl methyl sites for hydroxylation is 1. The molecule has 3 aromatic rings. The number of nitrogens with two attached hydrogens (primary N) is 1. The van der Waals surface area contributed by atoms with Crippen molar-refractivity contribution in [1.29, 1.82) is 0 Å². The van der Waals surface area contributed by atoms with E-state index in [4.69, 9.17) is 15.2 Å². The van der Waals surface area contributed by atoms with Gasteiger partial charge in [-0.25, -0.2) is 4.98 Å². The molecule has 1 amide bonds. The van der Waals surface area contributed by atoms with Gasteiger partial charge in [-0.05, 0) is 61.2 Å². The molecule has 0 aliphatic carbocycles. The molecule has 1 aromatic carbocycles. The van der Waals surface area contributed by atoms with Crippen LogP contribution in [-0.2, 0) is 4.79 Å². The highest BCUT2D eigenvalue weighted by atomic mass is 32.1. The van der Waals surface area contributed by atoms with Crippen molar-refractivity contribution in [1.82, 2.24) is 19.8 Å². The van der Waals surface area contributed by atoms with Crippen molar-refractivity contribution in [2.75, 3.05) is 39.3 Å². The van der Waals surface area contributed by atoms with E-state index >= 15 is 0 Å². The van der Waals surface area contributed by atoms with Crippen LogP contribution in [0.1, 0.15) is 5.56 Å². The standard InChI is InChI=1S/C26H29N5O3S/c1-3-4-20(9-11-27)25(32)31-15-13-30(14-16-31)17-18-33-21-5-7-22(8-6-21)34-26-29-24-23(35-26)19(2)10-12-28-24/h3-12H,1,13-18,27H2,2H3/b11-9-,20-4+. The van der Waals surface area contributed by atoms with E-state index in [-0.39, 0.29) is 5.91 Å². The third-order valence-corrected chi connectivity index (χ3v) is 6.71. The van der Waals surface area contributed by atoms with Crippen molar-refractivity contribution >= 4 is 27.6 Å². The fraction of sp³-hybridized carbons (Fsp3) is 0.269. The first-order chi connectivity index (χ1) is 17.1. The first kappa shape index (κ1) is 24.4. The average molecular weight is 492 g/mol. The molecule has 182 valence electrons. The summed E-state index contributed by atoms with van der Waals surface area (Å²) in [6, 6.07) is 9.49. The number of allylic oxidation sites excluding steroid dienone is 2. The Labute approximate surface area is 209 Å². The van der Waals surface area contributed by atoms with E-state index < -0.39 is 0 Å². The summed E-state index contributed by atoms with van der Waals surface area (Å²) in [5.41, 5.74) is 7.84. The van der Waals surface area contributed by atoms with Gasteiger partial charge in [0.15, 0.2) is 5.65 Å². The average Bonchev–Trinajstić information content (AvgIpc) is 3.29. The molecule has 8 nitrogen and oxygen atoms in total. The summed E-state index contributed by atoms with van der Waals surface area (Å²) in [6.07, 6.45) is 8.01. The second-order valence-electron chi connectivity index (χ2n) is 8.03. The zero-order valence-corrected chi connectivity index (χ0v) is 20.5. The van der Waals surface area contributed by atoms with Gasteiger partial charge in [-0.3, -0.25) is 9.69 Å². The normalized spacial score (nSPS) is 15.0. The van der Waals surface area contributed by atoms with E-state index in [1.54, 1.807) is 24.4 Å². The van der Waals surface area contributed by atoms with Crippen LogP contribution >= 0.6 is 11.3 Å². The van der Waals surface area contributed by atoms with Gasteiger partial charge in [0.05, 0.1) is 4.70 Å². The molecule has 0 saturated carbocycles. The third-order valence-electron chi connectivity index (χ3n) is 5.65. The Hall–Kier alpha value is -3.69. The topological polar surface area (TPSA) is 93.8 Å². The maximum absolute atomic E-state index is 12.6. The van der Waals surface area contributed by atoms with Gasteiger partial charge in [-0.1, -0.05) is 24.0 Å². The minimum absolute atomic E-state index is 0.0259. The Balaban J connectivity index is 1.21. The molecule has 0 unspecified atom stereocenters. The van der Waals surface area contributed by atoms with Crippen LogP contribution in [0.3, 0.4) is 0 Å². The van der Waals surface area contributed by atoms with Gasteiger partial charge in [0.2, 0.25) is 0 Å². The van der Waals surface area contributed by atoms with E-state index in [2.05, 4.69) is 21.4 Å². The monoisotopic (exact) mass is 491 g/mol. The van der Waals surface area contributed by atoms with Crippen molar-refractivity contribution in [3.05, 3.63) is 78.7 Å². The lowest BCUT2D eigenvalue weighted by Gasteiger charge is -2.34. The number of fused-ring (bicyclic) bond motifs is 1. The number of carbonyl (C=O) groups is 1. The second-order valence-corrected chi connectivity index (χ2v) is 8.99. The third kappa shape index (κ3) is 6.26. The number of aromatic nitrogens is 2. The maximum atomic E-state index is 12.6. The summed E-state index contributed by atoms with van der Waals surface area (Å²) in [6.45, 7) is 9.98. The number of ether oxygens (including phenoxy) is 2. The van der Waals surface area contributed by atoms with Crippen LogP contribution < -0.4 is 15.2 Å². The zero-order valence-electron chi connectivity index (χ0n) is 19.7. The summed E-state index contributed by atoms with van der Waals surface area (Å²) in [4.78, 5) is 25.5. The van der Waals surface area contributed by atoms with E-state index in [1.165, 1.54) is 17.5 Å². The molecular weight excluding hydrogens is 462 g/mol. The van der Waals surface area contributed by atoms with E-state index in [9.17, 15) is 4.79 Å². The number of benzene rings is 1. The number of thiazole rings is 1. The molecule has 9 heteroatoms. The van der Waals surface area contributed by atoms with Crippen LogP contribution in [0, 0.1) is 6.92 Å². The first-order valence-corrected chi connectivity index (χ1v) is 12.2. The van der Waals surface area contributed by atoms with Crippen LogP contribution in [0.2, 0.25) is 0 Å². The van der Waals surface area contributed by atoms with Crippen LogP contribution in [0.15, 0.2) is 73.1 Å². The molecule has 2 N–H and O–H groups in total. The number of piperazine rings is 1. The highest BCUT2D eigenvalue weighted by Gasteiger charge is 2.22. The largest absolute Gasteiger partial charge is 0.492 e. The fourth-order valence-electron chi connectivity index (χ4n) is 3.76. The molecule has 0 bridgehead atoms. The highest BCUT2D eigenvalue weighted by Crippen LogP contribution is 2.32. The number of hydrogen-bond acceptors (Lipinski definition) is 8. The van der Waals surface area contributed by atoms with Crippen LogP contribution in [-0.4, -0.2) is 65.0 Å². The van der Waals surface area contributed by atoms with Crippen molar-refractivity contribution in [3.63, 3.8) is 0 Å². The molecule has 1 saturated heterocycles. The van der Waals surface area contributed by atoms with Gasteiger partial charge >= 0.3 is 0 Å². The zero-order chi connectivity index (χ0) is 24.6. The Kier molecular flexibility index (Phi) is 8.12. The Morgan fingerprint density at radius 2 is 1.91 bits per heavy atom. The minimum Gasteiger partial charge on any atom is -0.492 e. The molecule has 0 spiro atoms. The van der Waals surface area contributed by atoms with Crippen LogP contribution in [0.4, 0.5) is 0 Å². The van der Waals surface area contributed by atoms with Gasteiger partial charge in [0, 0.05) is 44.5 Å². The molecule has 4 rings (SSSR count). The number of hydrogen-bond donors (Lipinski definition) is 1. The number of amides is 1. The predicted molar refractivity (Wildman–Crippen MR) is 139 cm³/mol. The fourth-order valence-corrected chi connectivity index (χ4v) is 4.62. The van der Waals surface area contributed by atoms with Crippen molar-refractivity contribution in [2.24, 2.45) is 5.73 Å². The molecule has 1 aliphatic rings. The highest BCUT2D eigenvalue weighted by molar-refractivity contribution is 7.20. The van der Waals surface area contributed by atoms with Crippen LogP contribution in [0.5, 0.6) is 16.7 Å². The summed E-state index contributed by atoms with van der Waals surface area (Å²) >= 11 is 1.49. The molecule has 0 radical (unpaired) electrons. The number of nitrogens with zero attached hydrogens (tertiary/aromatic N) is 4. The molecule has 2 aromatic heterocycles. The first-order valence-electron chi connectivity index (χ1n) is 11.4. The molecule has 35 heavy (non-hydrogen) atoms. The van der Waals surface area contributed by atoms with Gasteiger partial charge in [0.1, 0.15) is 18.1 Å². The van der Waals surface area contributed by atoms with Crippen molar-refractivity contribution in [3.8, 4) is 16.7 Å². The molecule has 0 atom stereocenters. The van der Waals surface area contributed by atoms with E-state index in [0.717, 1.165) is 35.6 Å². The minimum atomic E-state index is -0.0259. The molecular formula is C26H29N5O3S. The lowest BCUT2D eigenvalue weighted by molar-refractivity contribution is -0.128. The molecule has 3 heterocycles. The Morgan fingerprint density at radius 3 is 2.60 bits per heavy atom. The van der Waals surface area contributed by atoms with E-state index in [1.807, 2.05) is 42.2 Å². The van der Waals surface area contributed by atoms with E-state index in [0.29, 0.717) is 41.9 Å². The lowest BCUT2D eigenvalue weighted by atomic mass is 10.2. The molecule has 1 fully saturated rings. The second kappa shape index (κ2) is 11.6. The van der Waals surface area contributed by atoms with Crippen LogP contribution in [0.25, 0.3) is 10.3 Å². The number of rotatable bonds is 9. The lowest BCUT2D eigenvalue weighted by Crippen LogP contribution is -2.49. The summed E-state index contributed by atoms with van der Waals surface area (Å²) in [5.74, 6) is 1.45. The van der Waals surface area contributed by atoms with Gasteiger partial charge < -0.3 is 20.1 Å². The van der Waals surface area contributed by atoms with Gasteiger partial charge in [-0.15, -0.1) is 0 Å². The van der Waals surface area contributed by atoms with Gasteiger partial charge in [0.25, 0.3) is 11.1 Å². The Morgan fingerprint density at radius 1 is 1.17 bits per heavy atom. The quantitative estimate of drug-likeness (QED) is 0.358. The predicted octanol–water partition coefficient (Wildman–Crippen LogP) is 3.90. The van der Waals surface area contributed by atoms with Gasteiger partial charge in [-0.2, -0.15) is 4.98 Å². The number of carbonyl (C=O) groups excluding carboxylic acids is 1. The Bertz CT molecular complexity index is 1230. The van der Waals surface area contributed by atoms with Crippen molar-refractivity contribution < 1.29 is 14.3 Å². The SMILES string of the molecule is C=C/C=C(\C=C/N)C(=O)N1CCN(CCOc2ccc(Oc3nc4nccc(C)c4s3)cc2)CC1. The molecule has 1 aliphatic heterocycles. The summed E-state index contributed by atoms with van der Waals surface area (Å²) in [7, 11) is 0. The maximum Gasteiger partial charge on any atom is 0.281 e.